The molecule has 0 saturated carbocycles. The molecule has 0 radical (unpaired) electrons. The smallest absolute Gasteiger partial charge is 0.319 e. The molecule has 0 amide bonds. The molecule has 1 aromatic carbocycles. The van der Waals surface area contributed by atoms with Gasteiger partial charge in [-0.2, -0.15) is 15.2 Å². The molecule has 2 aromatic heterocycles. The number of H-pyrrole nitrogens is 1. The Morgan fingerprint density at radius 3 is 2.88 bits per heavy atom. The molecule has 1 aliphatic heterocycles. The van der Waals surface area contributed by atoms with E-state index >= 15 is 0 Å². The number of hydrogen-bond donors (Lipinski definition) is 1. The number of alkyl halides is 1. The second kappa shape index (κ2) is 9.59. The van der Waals surface area contributed by atoms with E-state index in [0.717, 1.165) is 13.0 Å². The summed E-state index contributed by atoms with van der Waals surface area (Å²) >= 11 is 6.56. The Morgan fingerprint density at radius 1 is 1.31 bits per heavy atom. The molecule has 1 aliphatic rings. The summed E-state index contributed by atoms with van der Waals surface area (Å²) in [5, 5.41) is 10.4. The average Bonchev–Trinajstić information content (AvgIpc) is 3.21. The Labute approximate surface area is 189 Å². The maximum absolute atomic E-state index is 13.6. The van der Waals surface area contributed by atoms with Crippen molar-refractivity contribution in [3.8, 4) is 34.8 Å². The van der Waals surface area contributed by atoms with Gasteiger partial charge in [-0.15, -0.1) is 0 Å². The third-order valence-electron chi connectivity index (χ3n) is 5.44. The van der Waals surface area contributed by atoms with Gasteiger partial charge in [-0.3, -0.25) is 4.90 Å². The lowest BCUT2D eigenvalue weighted by atomic mass is 10.1. The number of hydrogen-bond acceptors (Lipinski definition) is 7. The number of methoxy groups -OCH3 is 2. The van der Waals surface area contributed by atoms with Crippen molar-refractivity contribution in [2.75, 3.05) is 40.5 Å². The fraction of sp³-hybridized carbons (Fsp3) is 0.409. The predicted octanol–water partition coefficient (Wildman–Crippen LogP) is 3.98. The maximum Gasteiger partial charge on any atom is 0.319 e. The van der Waals surface area contributed by atoms with E-state index < -0.39 is 6.17 Å². The zero-order chi connectivity index (χ0) is 22.7. The number of halogens is 2. The van der Waals surface area contributed by atoms with Crippen LogP contribution < -0.4 is 14.2 Å². The van der Waals surface area contributed by atoms with E-state index in [1.54, 1.807) is 18.3 Å². The molecule has 3 aromatic rings. The summed E-state index contributed by atoms with van der Waals surface area (Å²) in [5.74, 6) is 0.965. The van der Waals surface area contributed by atoms with Gasteiger partial charge < -0.3 is 19.2 Å². The van der Waals surface area contributed by atoms with Gasteiger partial charge in [-0.05, 0) is 25.5 Å². The monoisotopic (exact) mass is 459 g/mol. The van der Waals surface area contributed by atoms with Gasteiger partial charge in [-0.1, -0.05) is 11.6 Å². The first kappa shape index (κ1) is 22.1. The number of piperidine rings is 1. The zero-order valence-electron chi connectivity index (χ0n) is 17.8. The number of likely N-dealkylation sites (tertiary alicyclic amines) is 1. The van der Waals surface area contributed by atoms with E-state index in [1.807, 2.05) is 4.90 Å². The number of fused-ring (bicyclic) bond motifs is 1. The van der Waals surface area contributed by atoms with E-state index in [-0.39, 0.29) is 6.01 Å². The molecule has 1 N–H and O–H groups in total. The average molecular weight is 460 g/mol. The predicted molar refractivity (Wildman–Crippen MR) is 118 cm³/mol. The molecule has 1 atom stereocenters. The maximum atomic E-state index is 13.6. The first-order valence-electron chi connectivity index (χ1n) is 10.2. The molecule has 0 spiro atoms. The SMILES string of the molecule is COc1cc(Cl)c(-c2nc(OCCN3CCCC(F)C3)nc3[nH]cc(C#N)c23)c(OC)c1. The summed E-state index contributed by atoms with van der Waals surface area (Å²) in [6.07, 6.45) is 2.21. The molecule has 3 heterocycles. The van der Waals surface area contributed by atoms with Gasteiger partial charge in [0, 0.05) is 25.4 Å². The molecule has 1 saturated heterocycles. The first-order valence-corrected chi connectivity index (χ1v) is 10.6. The lowest BCUT2D eigenvalue weighted by Crippen LogP contribution is -2.38. The van der Waals surface area contributed by atoms with Crippen LogP contribution >= 0.6 is 11.6 Å². The van der Waals surface area contributed by atoms with Crippen molar-refractivity contribution in [1.82, 2.24) is 19.9 Å². The summed E-state index contributed by atoms with van der Waals surface area (Å²) in [7, 11) is 3.05. The Bertz CT molecular complexity index is 1160. The van der Waals surface area contributed by atoms with E-state index in [9.17, 15) is 9.65 Å². The molecule has 4 rings (SSSR count). The normalized spacial score (nSPS) is 16.7. The van der Waals surface area contributed by atoms with Gasteiger partial charge in [0.05, 0.1) is 41.4 Å². The lowest BCUT2D eigenvalue weighted by Gasteiger charge is -2.28. The Morgan fingerprint density at radius 2 is 2.16 bits per heavy atom. The summed E-state index contributed by atoms with van der Waals surface area (Å²) in [5.41, 5.74) is 1.73. The van der Waals surface area contributed by atoms with Gasteiger partial charge in [0.1, 0.15) is 36.0 Å². The molecule has 1 unspecified atom stereocenters. The minimum absolute atomic E-state index is 0.126. The molecule has 0 aliphatic carbocycles. The van der Waals surface area contributed by atoms with E-state index in [4.69, 9.17) is 25.8 Å². The van der Waals surface area contributed by atoms with Crippen LogP contribution in [0.1, 0.15) is 18.4 Å². The highest BCUT2D eigenvalue weighted by Gasteiger charge is 2.23. The van der Waals surface area contributed by atoms with Crippen LogP contribution in [0.3, 0.4) is 0 Å². The Hall–Kier alpha value is -3.09. The summed E-state index contributed by atoms with van der Waals surface area (Å²) in [4.78, 5) is 14.0. The van der Waals surface area contributed by atoms with E-state index in [0.29, 0.717) is 70.5 Å². The van der Waals surface area contributed by atoms with Crippen molar-refractivity contribution in [1.29, 1.82) is 5.26 Å². The molecule has 0 bridgehead atoms. The number of nitriles is 1. The van der Waals surface area contributed by atoms with Crippen LogP contribution in [0, 0.1) is 11.3 Å². The number of ether oxygens (including phenoxy) is 3. The van der Waals surface area contributed by atoms with Crippen LogP contribution in [-0.2, 0) is 0 Å². The van der Waals surface area contributed by atoms with Crippen molar-refractivity contribution in [2.24, 2.45) is 0 Å². The number of nitrogens with one attached hydrogen (secondary N) is 1. The topological polar surface area (TPSA) is 96.3 Å². The number of rotatable bonds is 7. The minimum atomic E-state index is -0.795. The molecular weight excluding hydrogens is 437 g/mol. The molecule has 10 heteroatoms. The van der Waals surface area contributed by atoms with E-state index in [1.165, 1.54) is 14.2 Å². The summed E-state index contributed by atoms with van der Waals surface area (Å²) in [6, 6.07) is 5.61. The fourth-order valence-corrected chi connectivity index (χ4v) is 4.17. The van der Waals surface area contributed by atoms with Crippen LogP contribution in [0.5, 0.6) is 17.5 Å². The lowest BCUT2D eigenvalue weighted by molar-refractivity contribution is 0.119. The van der Waals surface area contributed by atoms with Crippen molar-refractivity contribution >= 4 is 22.6 Å². The molecule has 32 heavy (non-hydrogen) atoms. The van der Waals surface area contributed by atoms with Crippen molar-refractivity contribution in [3.63, 3.8) is 0 Å². The molecule has 8 nitrogen and oxygen atoms in total. The third kappa shape index (κ3) is 4.42. The standard InChI is InChI=1S/C22H23ClFN5O3/c1-30-15-8-16(23)19(17(9-15)31-2)20-18-13(10-25)11-26-21(18)28-22(27-20)32-7-6-29-5-3-4-14(24)12-29/h8-9,11,14H,3-7,12H2,1-2H3,(H,26,27,28). The van der Waals surface area contributed by atoms with Crippen LogP contribution in [0.4, 0.5) is 4.39 Å². The number of benzene rings is 1. The first-order chi connectivity index (χ1) is 15.5. The molecule has 1 fully saturated rings. The highest BCUT2D eigenvalue weighted by atomic mass is 35.5. The van der Waals surface area contributed by atoms with Gasteiger partial charge in [0.2, 0.25) is 0 Å². The minimum Gasteiger partial charge on any atom is -0.497 e. The third-order valence-corrected chi connectivity index (χ3v) is 5.74. The highest BCUT2D eigenvalue weighted by Crippen LogP contribution is 2.42. The quantitative estimate of drug-likeness (QED) is 0.570. The molecule has 168 valence electrons. The van der Waals surface area contributed by atoms with Crippen LogP contribution in [0.25, 0.3) is 22.3 Å². The second-order valence-electron chi connectivity index (χ2n) is 7.47. The fourth-order valence-electron chi connectivity index (χ4n) is 3.88. The summed E-state index contributed by atoms with van der Waals surface area (Å²) < 4.78 is 30.3. The van der Waals surface area contributed by atoms with Crippen molar-refractivity contribution in [3.05, 3.63) is 28.9 Å². The van der Waals surface area contributed by atoms with Crippen molar-refractivity contribution in [2.45, 2.75) is 19.0 Å². The van der Waals surface area contributed by atoms with Gasteiger partial charge in [-0.25, -0.2) is 4.39 Å². The Kier molecular flexibility index (Phi) is 6.63. The highest BCUT2D eigenvalue weighted by molar-refractivity contribution is 6.34. The zero-order valence-corrected chi connectivity index (χ0v) is 18.6. The van der Waals surface area contributed by atoms with Crippen LogP contribution in [0.2, 0.25) is 5.02 Å². The van der Waals surface area contributed by atoms with E-state index in [2.05, 4.69) is 21.0 Å². The molecular formula is C22H23ClFN5O3. The number of aromatic nitrogens is 3. The summed E-state index contributed by atoms with van der Waals surface area (Å²) in [6.45, 7) is 2.12. The Balaban J connectivity index is 1.70. The van der Waals surface area contributed by atoms with Gasteiger partial charge >= 0.3 is 6.01 Å². The van der Waals surface area contributed by atoms with Gasteiger partial charge in [0.15, 0.2) is 0 Å². The van der Waals surface area contributed by atoms with Crippen molar-refractivity contribution < 1.29 is 18.6 Å². The van der Waals surface area contributed by atoms with Crippen LogP contribution in [-0.4, -0.2) is 66.5 Å². The second-order valence-corrected chi connectivity index (χ2v) is 7.87. The number of aromatic amines is 1. The largest absolute Gasteiger partial charge is 0.497 e. The number of nitrogens with zero attached hydrogens (tertiary/aromatic N) is 4. The van der Waals surface area contributed by atoms with Gasteiger partial charge in [0.25, 0.3) is 0 Å². The van der Waals surface area contributed by atoms with Crippen LogP contribution in [0.15, 0.2) is 18.3 Å².